The second kappa shape index (κ2) is 8.21. The molecule has 0 spiro atoms. The molecule has 14 heavy (non-hydrogen) atoms. The van der Waals surface area contributed by atoms with Gasteiger partial charge < -0.3 is 15.5 Å². The van der Waals surface area contributed by atoms with E-state index < -0.39 is 0 Å². The number of likely N-dealkylation sites (N-methyl/N-ethyl adjacent to an activating group) is 1. The van der Waals surface area contributed by atoms with E-state index in [1.807, 2.05) is 0 Å². The number of nitrogens with zero attached hydrogens (tertiary/aromatic N) is 1. The van der Waals surface area contributed by atoms with Gasteiger partial charge in [-0.25, -0.2) is 0 Å². The first kappa shape index (κ1) is 13.9. The van der Waals surface area contributed by atoms with Crippen LogP contribution in [0.15, 0.2) is 0 Å². The molecule has 0 bridgehead atoms. The molecule has 0 aliphatic rings. The van der Waals surface area contributed by atoms with Gasteiger partial charge in [-0.3, -0.25) is 0 Å². The average Bonchev–Trinajstić information content (AvgIpc) is 2.02. The van der Waals surface area contributed by atoms with Crippen LogP contribution in [-0.2, 0) is 0 Å². The van der Waals surface area contributed by atoms with Crippen LogP contribution in [0, 0.1) is 0 Å². The van der Waals surface area contributed by atoms with Crippen molar-refractivity contribution < 1.29 is 0 Å². The minimum Gasteiger partial charge on any atom is -0.313 e. The van der Waals surface area contributed by atoms with Crippen molar-refractivity contribution in [3.8, 4) is 0 Å². The first-order chi connectivity index (χ1) is 6.52. The maximum atomic E-state index is 3.41. The van der Waals surface area contributed by atoms with Crippen LogP contribution in [0.3, 0.4) is 0 Å². The number of hydrogen-bond acceptors (Lipinski definition) is 3. The Bertz CT molecular complexity index is 110. The molecule has 2 N–H and O–H groups in total. The van der Waals surface area contributed by atoms with Gasteiger partial charge in [0.15, 0.2) is 0 Å². The molecular weight excluding hydrogens is 174 g/mol. The summed E-state index contributed by atoms with van der Waals surface area (Å²) in [4.78, 5) is 2.35. The molecule has 0 rings (SSSR count). The summed E-state index contributed by atoms with van der Waals surface area (Å²) in [5.41, 5.74) is 0. The Morgan fingerprint density at radius 3 is 1.50 bits per heavy atom. The van der Waals surface area contributed by atoms with Crippen molar-refractivity contribution in [3.05, 3.63) is 0 Å². The second-order valence-electron chi connectivity index (χ2n) is 4.52. The summed E-state index contributed by atoms with van der Waals surface area (Å²) >= 11 is 0. The van der Waals surface area contributed by atoms with Crippen molar-refractivity contribution in [2.45, 2.75) is 39.8 Å². The molecular formula is C11H27N3. The van der Waals surface area contributed by atoms with Crippen molar-refractivity contribution in [1.29, 1.82) is 0 Å². The van der Waals surface area contributed by atoms with Gasteiger partial charge in [-0.15, -0.1) is 0 Å². The van der Waals surface area contributed by atoms with E-state index in [4.69, 9.17) is 0 Å². The van der Waals surface area contributed by atoms with Gasteiger partial charge in [-0.2, -0.15) is 0 Å². The quantitative estimate of drug-likeness (QED) is 0.611. The molecule has 0 aromatic carbocycles. The van der Waals surface area contributed by atoms with Gasteiger partial charge in [0.25, 0.3) is 0 Å². The van der Waals surface area contributed by atoms with E-state index in [0.29, 0.717) is 12.1 Å². The highest BCUT2D eigenvalue weighted by Gasteiger charge is 1.99. The smallest absolute Gasteiger partial charge is 0.0104 e. The Balaban J connectivity index is 3.23. The van der Waals surface area contributed by atoms with Crippen LogP contribution in [0.1, 0.15) is 27.7 Å². The highest BCUT2D eigenvalue weighted by molar-refractivity contribution is 4.60. The van der Waals surface area contributed by atoms with Gasteiger partial charge in [-0.1, -0.05) is 27.7 Å². The SMILES string of the molecule is CC(C)NCCN(C)CCNC(C)C. The lowest BCUT2D eigenvalue weighted by Crippen LogP contribution is -2.37. The van der Waals surface area contributed by atoms with E-state index in [2.05, 4.69) is 50.3 Å². The molecule has 0 saturated heterocycles. The van der Waals surface area contributed by atoms with Crippen LogP contribution in [0.2, 0.25) is 0 Å². The fraction of sp³-hybridized carbons (Fsp3) is 1.00. The zero-order valence-corrected chi connectivity index (χ0v) is 10.4. The van der Waals surface area contributed by atoms with E-state index >= 15 is 0 Å². The minimum atomic E-state index is 0.595. The molecule has 0 amide bonds. The van der Waals surface area contributed by atoms with Crippen LogP contribution in [0.5, 0.6) is 0 Å². The molecule has 0 heterocycles. The highest BCUT2D eigenvalue weighted by atomic mass is 15.1. The largest absolute Gasteiger partial charge is 0.313 e. The Hall–Kier alpha value is -0.120. The van der Waals surface area contributed by atoms with Crippen LogP contribution >= 0.6 is 0 Å². The highest BCUT2D eigenvalue weighted by Crippen LogP contribution is 1.82. The number of rotatable bonds is 8. The lowest BCUT2D eigenvalue weighted by Gasteiger charge is -2.19. The summed E-state index contributed by atoms with van der Waals surface area (Å²) < 4.78 is 0. The predicted octanol–water partition coefficient (Wildman–Crippen LogP) is 0.914. The summed E-state index contributed by atoms with van der Waals surface area (Å²) in [6.45, 7) is 13.1. The van der Waals surface area contributed by atoms with E-state index in [-0.39, 0.29) is 0 Å². The molecule has 0 aromatic rings. The van der Waals surface area contributed by atoms with Gasteiger partial charge in [0.2, 0.25) is 0 Å². The van der Waals surface area contributed by atoms with Gasteiger partial charge in [0.05, 0.1) is 0 Å². The number of nitrogens with one attached hydrogen (secondary N) is 2. The molecule has 0 saturated carbocycles. The fourth-order valence-corrected chi connectivity index (χ4v) is 1.20. The molecule has 0 unspecified atom stereocenters. The van der Waals surface area contributed by atoms with Crippen LogP contribution in [-0.4, -0.2) is 50.2 Å². The van der Waals surface area contributed by atoms with Gasteiger partial charge in [0, 0.05) is 38.3 Å². The van der Waals surface area contributed by atoms with E-state index in [0.717, 1.165) is 26.2 Å². The van der Waals surface area contributed by atoms with E-state index in [1.54, 1.807) is 0 Å². The minimum absolute atomic E-state index is 0.595. The van der Waals surface area contributed by atoms with E-state index in [9.17, 15) is 0 Å². The molecule has 0 atom stereocenters. The van der Waals surface area contributed by atoms with Gasteiger partial charge in [-0.05, 0) is 7.05 Å². The first-order valence-corrected chi connectivity index (χ1v) is 5.67. The van der Waals surface area contributed by atoms with Crippen molar-refractivity contribution >= 4 is 0 Å². The third-order valence-corrected chi connectivity index (χ3v) is 2.09. The topological polar surface area (TPSA) is 27.3 Å². The summed E-state index contributed by atoms with van der Waals surface area (Å²) in [6.07, 6.45) is 0. The summed E-state index contributed by atoms with van der Waals surface area (Å²) in [7, 11) is 2.17. The molecule has 0 aliphatic heterocycles. The summed E-state index contributed by atoms with van der Waals surface area (Å²) in [5, 5.41) is 6.83. The van der Waals surface area contributed by atoms with Crippen molar-refractivity contribution in [2.24, 2.45) is 0 Å². The molecule has 3 nitrogen and oxygen atoms in total. The maximum absolute atomic E-state index is 3.41. The molecule has 0 fully saturated rings. The predicted molar refractivity (Wildman–Crippen MR) is 63.8 cm³/mol. The monoisotopic (exact) mass is 201 g/mol. The van der Waals surface area contributed by atoms with Crippen LogP contribution in [0.25, 0.3) is 0 Å². The number of hydrogen-bond donors (Lipinski definition) is 2. The third-order valence-electron chi connectivity index (χ3n) is 2.09. The fourth-order valence-electron chi connectivity index (χ4n) is 1.20. The molecule has 3 heteroatoms. The van der Waals surface area contributed by atoms with Crippen LogP contribution in [0.4, 0.5) is 0 Å². The standard InChI is InChI=1S/C11H27N3/c1-10(2)12-6-8-14(5)9-7-13-11(3)4/h10-13H,6-9H2,1-5H3. The van der Waals surface area contributed by atoms with Crippen molar-refractivity contribution in [1.82, 2.24) is 15.5 Å². The van der Waals surface area contributed by atoms with Gasteiger partial charge >= 0.3 is 0 Å². The second-order valence-corrected chi connectivity index (χ2v) is 4.52. The molecule has 0 radical (unpaired) electrons. The Morgan fingerprint density at radius 1 is 0.857 bits per heavy atom. The third kappa shape index (κ3) is 9.96. The average molecular weight is 201 g/mol. The zero-order chi connectivity index (χ0) is 11.0. The Kier molecular flexibility index (Phi) is 8.14. The maximum Gasteiger partial charge on any atom is 0.0104 e. The van der Waals surface area contributed by atoms with Gasteiger partial charge in [0.1, 0.15) is 0 Å². The lowest BCUT2D eigenvalue weighted by atomic mass is 10.3. The van der Waals surface area contributed by atoms with E-state index in [1.165, 1.54) is 0 Å². The zero-order valence-electron chi connectivity index (χ0n) is 10.4. The van der Waals surface area contributed by atoms with Crippen molar-refractivity contribution in [3.63, 3.8) is 0 Å². The summed E-state index contributed by atoms with van der Waals surface area (Å²) in [6, 6.07) is 1.19. The lowest BCUT2D eigenvalue weighted by molar-refractivity contribution is 0.321. The Labute approximate surface area is 89.2 Å². The summed E-state index contributed by atoms with van der Waals surface area (Å²) in [5.74, 6) is 0. The first-order valence-electron chi connectivity index (χ1n) is 5.67. The Morgan fingerprint density at radius 2 is 1.21 bits per heavy atom. The molecule has 0 aliphatic carbocycles. The normalized spacial score (nSPS) is 12.0. The molecule has 86 valence electrons. The van der Waals surface area contributed by atoms with Crippen molar-refractivity contribution in [2.75, 3.05) is 33.2 Å². The molecule has 0 aromatic heterocycles. The van der Waals surface area contributed by atoms with Crippen LogP contribution < -0.4 is 10.6 Å².